The second kappa shape index (κ2) is 5.71. The van der Waals surface area contributed by atoms with E-state index in [9.17, 15) is 4.79 Å². The zero-order valence-electron chi connectivity index (χ0n) is 12.9. The van der Waals surface area contributed by atoms with Gasteiger partial charge in [-0.1, -0.05) is 25.3 Å². The lowest BCUT2D eigenvalue weighted by Gasteiger charge is -2.41. The first kappa shape index (κ1) is 13.7. The number of ether oxygens (including phenoxy) is 1. The quantitative estimate of drug-likeness (QED) is 0.867. The summed E-state index contributed by atoms with van der Waals surface area (Å²) in [6.45, 7) is 3.26. The average molecular weight is 301 g/mol. The summed E-state index contributed by atoms with van der Waals surface area (Å²) in [7, 11) is 0. The van der Waals surface area contributed by atoms with Crippen LogP contribution in [0.3, 0.4) is 0 Å². The van der Waals surface area contributed by atoms with Crippen molar-refractivity contribution in [1.29, 1.82) is 0 Å². The van der Waals surface area contributed by atoms with E-state index in [0.717, 1.165) is 56.2 Å². The van der Waals surface area contributed by atoms with Crippen LogP contribution in [0.15, 0.2) is 18.2 Å². The maximum atomic E-state index is 12.7. The molecule has 0 atom stereocenters. The standard InChI is InChI=1S/C17H23N3O2/c21-17(18-13-5-2-1-3-6-13)20-10-9-19-11-12-22-15-8-4-7-14(20)16(15)19/h4,7-8,13H,1-3,5-6,9-12H2,(H,18,21). The Morgan fingerprint density at radius 3 is 2.86 bits per heavy atom. The normalized spacial score (nSPS) is 21.1. The highest BCUT2D eigenvalue weighted by molar-refractivity contribution is 5.98. The molecule has 1 fully saturated rings. The summed E-state index contributed by atoms with van der Waals surface area (Å²) in [5.41, 5.74) is 2.07. The molecule has 0 aromatic heterocycles. The Morgan fingerprint density at radius 2 is 2.00 bits per heavy atom. The number of nitrogens with zero attached hydrogens (tertiary/aromatic N) is 2. The summed E-state index contributed by atoms with van der Waals surface area (Å²) in [6, 6.07) is 6.39. The van der Waals surface area contributed by atoms with Gasteiger partial charge in [0, 0.05) is 19.1 Å². The summed E-state index contributed by atoms with van der Waals surface area (Å²) in [6.07, 6.45) is 5.98. The van der Waals surface area contributed by atoms with Gasteiger partial charge in [-0.2, -0.15) is 0 Å². The van der Waals surface area contributed by atoms with Crippen molar-refractivity contribution < 1.29 is 9.53 Å². The van der Waals surface area contributed by atoms with Crippen LogP contribution < -0.4 is 19.9 Å². The average Bonchev–Trinajstić information content (AvgIpc) is 2.56. The summed E-state index contributed by atoms with van der Waals surface area (Å²) in [5, 5.41) is 3.23. The van der Waals surface area contributed by atoms with E-state index >= 15 is 0 Å². The SMILES string of the molecule is O=C(NC1CCCCC1)N1CCN2CCOc3cccc1c32. The molecule has 2 heterocycles. The van der Waals surface area contributed by atoms with E-state index in [1.54, 1.807) is 0 Å². The van der Waals surface area contributed by atoms with Gasteiger partial charge in [-0.3, -0.25) is 4.90 Å². The van der Waals surface area contributed by atoms with Gasteiger partial charge in [0.1, 0.15) is 18.0 Å². The first-order chi connectivity index (χ1) is 10.8. The molecule has 3 aliphatic rings. The molecule has 1 aromatic carbocycles. The third kappa shape index (κ3) is 2.38. The highest BCUT2D eigenvalue weighted by Crippen LogP contribution is 2.42. The molecule has 0 spiro atoms. The van der Waals surface area contributed by atoms with Crippen molar-refractivity contribution >= 4 is 17.4 Å². The lowest BCUT2D eigenvalue weighted by Crippen LogP contribution is -2.52. The van der Waals surface area contributed by atoms with E-state index in [4.69, 9.17) is 4.74 Å². The number of carbonyl (C=O) groups is 1. The monoisotopic (exact) mass is 301 g/mol. The fourth-order valence-corrected chi connectivity index (χ4v) is 3.82. The summed E-state index contributed by atoms with van der Waals surface area (Å²) >= 11 is 0. The Kier molecular flexibility index (Phi) is 3.56. The topological polar surface area (TPSA) is 44.8 Å². The summed E-state index contributed by atoms with van der Waals surface area (Å²) in [4.78, 5) is 16.9. The van der Waals surface area contributed by atoms with Crippen LogP contribution in [-0.2, 0) is 0 Å². The number of benzene rings is 1. The van der Waals surface area contributed by atoms with E-state index in [1.165, 1.54) is 19.3 Å². The molecule has 4 rings (SSSR count). The molecular formula is C17H23N3O2. The predicted octanol–water partition coefficient (Wildman–Crippen LogP) is 2.75. The van der Waals surface area contributed by atoms with Gasteiger partial charge in [0.15, 0.2) is 0 Å². The number of para-hydroxylation sites is 1. The van der Waals surface area contributed by atoms with Crippen LogP contribution in [0.25, 0.3) is 0 Å². The van der Waals surface area contributed by atoms with E-state index in [0.29, 0.717) is 6.04 Å². The number of carbonyl (C=O) groups excluding carboxylic acids is 1. The molecule has 22 heavy (non-hydrogen) atoms. The second-order valence-corrected chi connectivity index (χ2v) is 6.40. The van der Waals surface area contributed by atoms with Crippen molar-refractivity contribution in [2.75, 3.05) is 36.0 Å². The van der Waals surface area contributed by atoms with Gasteiger partial charge in [0.05, 0.1) is 12.2 Å². The van der Waals surface area contributed by atoms with Gasteiger partial charge in [0.25, 0.3) is 0 Å². The molecule has 1 saturated carbocycles. The minimum atomic E-state index is 0.0468. The third-order valence-electron chi connectivity index (χ3n) is 4.97. The van der Waals surface area contributed by atoms with Crippen LogP contribution in [0.1, 0.15) is 32.1 Å². The molecule has 2 aliphatic heterocycles. The summed E-state index contributed by atoms with van der Waals surface area (Å²) in [5.74, 6) is 0.902. The van der Waals surface area contributed by atoms with E-state index in [2.05, 4.69) is 10.2 Å². The lowest BCUT2D eigenvalue weighted by atomic mass is 9.96. The van der Waals surface area contributed by atoms with Crippen LogP contribution in [0, 0.1) is 0 Å². The molecule has 0 radical (unpaired) electrons. The van der Waals surface area contributed by atoms with Crippen LogP contribution in [0.2, 0.25) is 0 Å². The maximum Gasteiger partial charge on any atom is 0.322 e. The third-order valence-corrected chi connectivity index (χ3v) is 4.97. The van der Waals surface area contributed by atoms with E-state index in [-0.39, 0.29) is 6.03 Å². The Morgan fingerprint density at radius 1 is 1.14 bits per heavy atom. The number of nitrogens with one attached hydrogen (secondary N) is 1. The lowest BCUT2D eigenvalue weighted by molar-refractivity contribution is 0.237. The Labute approximate surface area is 131 Å². The van der Waals surface area contributed by atoms with E-state index < -0.39 is 0 Å². The largest absolute Gasteiger partial charge is 0.489 e. The molecule has 0 bridgehead atoms. The molecule has 1 aliphatic carbocycles. The number of amides is 2. The first-order valence-corrected chi connectivity index (χ1v) is 8.42. The maximum absolute atomic E-state index is 12.7. The van der Waals surface area contributed by atoms with Gasteiger partial charge in [-0.15, -0.1) is 0 Å². The minimum Gasteiger partial charge on any atom is -0.489 e. The fraction of sp³-hybridized carbons (Fsp3) is 0.588. The van der Waals surface area contributed by atoms with Crippen LogP contribution >= 0.6 is 0 Å². The zero-order valence-corrected chi connectivity index (χ0v) is 12.9. The second-order valence-electron chi connectivity index (χ2n) is 6.40. The Bertz CT molecular complexity index is 569. The first-order valence-electron chi connectivity index (χ1n) is 8.42. The van der Waals surface area contributed by atoms with Crippen molar-refractivity contribution in [1.82, 2.24) is 5.32 Å². The zero-order chi connectivity index (χ0) is 14.9. The van der Waals surface area contributed by atoms with Crippen LogP contribution in [0.4, 0.5) is 16.2 Å². The molecule has 2 amide bonds. The Balaban J connectivity index is 1.56. The molecule has 5 nitrogen and oxygen atoms in total. The van der Waals surface area contributed by atoms with Crippen LogP contribution in [0.5, 0.6) is 5.75 Å². The molecule has 1 aromatic rings. The highest BCUT2D eigenvalue weighted by Gasteiger charge is 2.32. The number of anilines is 2. The molecule has 0 unspecified atom stereocenters. The van der Waals surface area contributed by atoms with E-state index in [1.807, 2.05) is 23.1 Å². The number of rotatable bonds is 1. The van der Waals surface area contributed by atoms with Crippen molar-refractivity contribution in [3.8, 4) is 5.75 Å². The van der Waals surface area contributed by atoms with Crippen molar-refractivity contribution in [3.63, 3.8) is 0 Å². The predicted molar refractivity (Wildman–Crippen MR) is 86.9 cm³/mol. The van der Waals surface area contributed by atoms with Gasteiger partial charge in [-0.05, 0) is 25.0 Å². The van der Waals surface area contributed by atoms with Gasteiger partial charge in [-0.25, -0.2) is 4.79 Å². The Hall–Kier alpha value is -1.91. The van der Waals surface area contributed by atoms with Crippen molar-refractivity contribution in [2.24, 2.45) is 0 Å². The number of urea groups is 1. The fourth-order valence-electron chi connectivity index (χ4n) is 3.82. The molecule has 5 heteroatoms. The van der Waals surface area contributed by atoms with Gasteiger partial charge < -0.3 is 15.0 Å². The van der Waals surface area contributed by atoms with Crippen LogP contribution in [-0.4, -0.2) is 38.3 Å². The summed E-state index contributed by atoms with van der Waals surface area (Å²) < 4.78 is 5.75. The van der Waals surface area contributed by atoms with Gasteiger partial charge >= 0.3 is 6.03 Å². The smallest absolute Gasteiger partial charge is 0.322 e. The minimum absolute atomic E-state index is 0.0468. The van der Waals surface area contributed by atoms with Gasteiger partial charge in [0.2, 0.25) is 0 Å². The molecule has 1 N–H and O–H groups in total. The molecule has 0 saturated heterocycles. The van der Waals surface area contributed by atoms with Crippen molar-refractivity contribution in [3.05, 3.63) is 18.2 Å². The highest BCUT2D eigenvalue weighted by atomic mass is 16.5. The molecule has 118 valence electrons. The molecular weight excluding hydrogens is 278 g/mol. The number of hydrogen-bond acceptors (Lipinski definition) is 3. The number of hydrogen-bond donors (Lipinski definition) is 1. The van der Waals surface area contributed by atoms with Crippen molar-refractivity contribution in [2.45, 2.75) is 38.1 Å².